The number of nitrogens with two attached hydrogens (primary N) is 2. The molecule has 9 nitrogen and oxygen atoms in total. The number of nitriles is 1. The van der Waals surface area contributed by atoms with Crippen LogP contribution >= 0.6 is 11.6 Å². The molecule has 11 heteroatoms. The molecule has 0 fully saturated rings. The zero-order valence-electron chi connectivity index (χ0n) is 14.5. The maximum absolute atomic E-state index is 13.7. The summed E-state index contributed by atoms with van der Waals surface area (Å²) in [5.74, 6) is -0.784. The fourth-order valence-electron chi connectivity index (χ4n) is 2.05. The van der Waals surface area contributed by atoms with Crippen molar-refractivity contribution in [1.29, 1.82) is 5.26 Å². The third-order valence-corrected chi connectivity index (χ3v) is 3.59. The molecule has 0 bridgehead atoms. The summed E-state index contributed by atoms with van der Waals surface area (Å²) in [6.45, 7) is -0.0708. The molecule has 144 valence electrons. The quantitative estimate of drug-likeness (QED) is 0.488. The van der Waals surface area contributed by atoms with Crippen LogP contribution in [-0.4, -0.2) is 28.6 Å². The standard InChI is InChI=1S/C17H16ClFN8O/c18-13-8-25-17(26-11(4-20)7-23-9-15(22)28)27-16(13)24-6-10-2-1-3-14(19)12(10)5-21/h1-4,7-8H,6,9,20H2,(H2,22,28)(H2,24,25,26,27). The molecule has 0 saturated heterocycles. The Morgan fingerprint density at radius 3 is 2.93 bits per heavy atom. The Morgan fingerprint density at radius 2 is 2.25 bits per heavy atom. The summed E-state index contributed by atoms with van der Waals surface area (Å²) in [6, 6.07) is 6.16. The second-order valence-corrected chi connectivity index (χ2v) is 5.72. The second kappa shape index (κ2) is 9.84. The molecule has 0 unspecified atom stereocenters. The normalized spacial score (nSPS) is 11.2. The SMILES string of the molecule is N#Cc1c(F)cccc1CNc1nc(NC(C=NCC(N)=O)=CN)ncc1Cl. The van der Waals surface area contributed by atoms with Crippen LogP contribution in [0.2, 0.25) is 5.02 Å². The summed E-state index contributed by atoms with van der Waals surface area (Å²) in [4.78, 5) is 22.7. The van der Waals surface area contributed by atoms with E-state index in [4.69, 9.17) is 28.3 Å². The highest BCUT2D eigenvalue weighted by atomic mass is 35.5. The number of allylic oxidation sites excluding steroid dienone is 1. The van der Waals surface area contributed by atoms with E-state index in [-0.39, 0.29) is 35.4 Å². The van der Waals surface area contributed by atoms with Gasteiger partial charge in [-0.05, 0) is 11.6 Å². The molecule has 0 aliphatic heterocycles. The molecular formula is C17H16ClFN8O. The minimum atomic E-state index is -0.606. The summed E-state index contributed by atoms with van der Waals surface area (Å²) in [6.07, 6.45) is 3.87. The van der Waals surface area contributed by atoms with Gasteiger partial charge in [-0.3, -0.25) is 9.79 Å². The van der Waals surface area contributed by atoms with Crippen LogP contribution < -0.4 is 22.1 Å². The Bertz CT molecular complexity index is 970. The molecular weight excluding hydrogens is 387 g/mol. The number of carbonyl (C=O) groups is 1. The van der Waals surface area contributed by atoms with Gasteiger partial charge < -0.3 is 22.1 Å². The van der Waals surface area contributed by atoms with Gasteiger partial charge in [0.1, 0.15) is 23.5 Å². The predicted octanol–water partition coefficient (Wildman–Crippen LogP) is 1.52. The zero-order chi connectivity index (χ0) is 20.5. The molecule has 28 heavy (non-hydrogen) atoms. The number of amides is 1. The molecule has 1 aromatic carbocycles. The van der Waals surface area contributed by atoms with Crippen LogP contribution in [0.15, 0.2) is 41.3 Å². The first-order valence-electron chi connectivity index (χ1n) is 7.85. The van der Waals surface area contributed by atoms with Crippen LogP contribution in [-0.2, 0) is 11.3 Å². The maximum atomic E-state index is 13.7. The number of nitrogens with one attached hydrogen (secondary N) is 2. The van der Waals surface area contributed by atoms with E-state index in [0.717, 1.165) is 0 Å². The molecule has 0 radical (unpaired) electrons. The third kappa shape index (κ3) is 5.65. The van der Waals surface area contributed by atoms with Crippen LogP contribution in [0, 0.1) is 17.1 Å². The van der Waals surface area contributed by atoms with Gasteiger partial charge in [-0.1, -0.05) is 23.7 Å². The number of benzene rings is 1. The van der Waals surface area contributed by atoms with Gasteiger partial charge in [-0.2, -0.15) is 10.2 Å². The number of aromatic nitrogens is 2. The van der Waals surface area contributed by atoms with Crippen molar-refractivity contribution >= 4 is 35.5 Å². The molecule has 0 atom stereocenters. The van der Waals surface area contributed by atoms with Gasteiger partial charge in [-0.15, -0.1) is 0 Å². The van der Waals surface area contributed by atoms with E-state index < -0.39 is 11.7 Å². The van der Waals surface area contributed by atoms with Gasteiger partial charge in [-0.25, -0.2) is 9.37 Å². The zero-order valence-corrected chi connectivity index (χ0v) is 15.2. The van der Waals surface area contributed by atoms with Gasteiger partial charge in [0.05, 0.1) is 17.5 Å². The number of aliphatic imine (C=N–C) groups is 1. The van der Waals surface area contributed by atoms with E-state index in [1.807, 2.05) is 6.07 Å². The number of hydrogen-bond donors (Lipinski definition) is 4. The number of anilines is 2. The van der Waals surface area contributed by atoms with Gasteiger partial charge in [0, 0.05) is 19.0 Å². The van der Waals surface area contributed by atoms with Crippen LogP contribution in [0.5, 0.6) is 0 Å². The average Bonchev–Trinajstić information content (AvgIpc) is 2.67. The molecule has 1 aromatic heterocycles. The van der Waals surface area contributed by atoms with Crippen molar-refractivity contribution in [1.82, 2.24) is 9.97 Å². The van der Waals surface area contributed by atoms with Crippen LogP contribution in [0.1, 0.15) is 11.1 Å². The van der Waals surface area contributed by atoms with Crippen molar-refractivity contribution in [2.24, 2.45) is 16.5 Å². The van der Waals surface area contributed by atoms with Gasteiger partial charge >= 0.3 is 0 Å². The first kappa shape index (κ1) is 20.6. The summed E-state index contributed by atoms with van der Waals surface area (Å²) in [5.41, 5.74) is 11.2. The lowest BCUT2D eigenvalue weighted by Crippen LogP contribution is -2.15. The molecule has 6 N–H and O–H groups in total. The van der Waals surface area contributed by atoms with Gasteiger partial charge in [0.2, 0.25) is 11.9 Å². The smallest absolute Gasteiger partial charge is 0.239 e. The van der Waals surface area contributed by atoms with Gasteiger partial charge in [0.15, 0.2) is 5.82 Å². The third-order valence-electron chi connectivity index (χ3n) is 3.32. The Morgan fingerprint density at radius 1 is 1.46 bits per heavy atom. The first-order valence-corrected chi connectivity index (χ1v) is 8.23. The minimum absolute atomic E-state index is 0.0578. The summed E-state index contributed by atoms with van der Waals surface area (Å²) < 4.78 is 13.7. The van der Waals surface area contributed by atoms with Crippen molar-refractivity contribution < 1.29 is 9.18 Å². The van der Waals surface area contributed by atoms with Crippen molar-refractivity contribution in [3.8, 4) is 6.07 Å². The molecule has 1 amide bonds. The van der Waals surface area contributed by atoms with E-state index in [9.17, 15) is 9.18 Å². The number of primary amides is 1. The number of nitrogens with zero attached hydrogens (tertiary/aromatic N) is 4. The summed E-state index contributed by atoms with van der Waals surface area (Å²) in [7, 11) is 0. The lowest BCUT2D eigenvalue weighted by Gasteiger charge is -2.11. The highest BCUT2D eigenvalue weighted by Gasteiger charge is 2.10. The number of halogens is 2. The van der Waals surface area contributed by atoms with Crippen LogP contribution in [0.25, 0.3) is 0 Å². The van der Waals surface area contributed by atoms with Gasteiger partial charge in [0.25, 0.3) is 0 Å². The molecule has 0 saturated carbocycles. The molecule has 0 aliphatic carbocycles. The molecule has 0 aliphatic rings. The number of carbonyl (C=O) groups excluding carboxylic acids is 1. The highest BCUT2D eigenvalue weighted by Crippen LogP contribution is 2.21. The topological polar surface area (TPSA) is 155 Å². The predicted molar refractivity (Wildman–Crippen MR) is 104 cm³/mol. The molecule has 1 heterocycles. The average molecular weight is 403 g/mol. The fraction of sp³-hybridized carbons (Fsp3) is 0.118. The lowest BCUT2D eigenvalue weighted by atomic mass is 10.1. The molecule has 2 rings (SSSR count). The Labute approximate surface area is 164 Å². The Kier molecular flexibility index (Phi) is 7.24. The van der Waals surface area contributed by atoms with Crippen LogP contribution in [0.4, 0.5) is 16.2 Å². The van der Waals surface area contributed by atoms with E-state index in [1.54, 1.807) is 6.07 Å². The lowest BCUT2D eigenvalue weighted by molar-refractivity contribution is -0.116. The summed E-state index contributed by atoms with van der Waals surface area (Å²) >= 11 is 6.08. The monoisotopic (exact) mass is 402 g/mol. The Balaban J connectivity index is 2.13. The minimum Gasteiger partial charge on any atom is -0.403 e. The van der Waals surface area contributed by atoms with Crippen molar-refractivity contribution in [2.75, 3.05) is 17.2 Å². The van der Waals surface area contributed by atoms with E-state index in [2.05, 4.69) is 25.6 Å². The Hall–Kier alpha value is -3.71. The number of hydrogen-bond acceptors (Lipinski definition) is 8. The van der Waals surface area contributed by atoms with Crippen molar-refractivity contribution in [2.45, 2.75) is 6.54 Å². The largest absolute Gasteiger partial charge is 0.403 e. The number of rotatable bonds is 8. The first-order chi connectivity index (χ1) is 13.4. The maximum Gasteiger partial charge on any atom is 0.239 e. The molecule has 2 aromatic rings. The van der Waals surface area contributed by atoms with Crippen molar-refractivity contribution in [3.63, 3.8) is 0 Å². The fourth-order valence-corrected chi connectivity index (χ4v) is 2.21. The van der Waals surface area contributed by atoms with Crippen molar-refractivity contribution in [3.05, 3.63) is 58.3 Å². The van der Waals surface area contributed by atoms with E-state index in [1.165, 1.54) is 30.7 Å². The van der Waals surface area contributed by atoms with Crippen LogP contribution in [0.3, 0.4) is 0 Å². The highest BCUT2D eigenvalue weighted by molar-refractivity contribution is 6.32. The molecule has 0 spiro atoms. The van der Waals surface area contributed by atoms with E-state index >= 15 is 0 Å². The van der Waals surface area contributed by atoms with E-state index in [0.29, 0.717) is 11.3 Å². The second-order valence-electron chi connectivity index (χ2n) is 5.31. The summed E-state index contributed by atoms with van der Waals surface area (Å²) in [5, 5.41) is 15.0.